The summed E-state index contributed by atoms with van der Waals surface area (Å²) in [7, 11) is 0. The first-order valence-corrected chi connectivity index (χ1v) is 6.19. The van der Waals surface area contributed by atoms with E-state index in [4.69, 9.17) is 5.11 Å². The van der Waals surface area contributed by atoms with Gasteiger partial charge in [-0.3, -0.25) is 0 Å². The number of hydrogen-bond acceptors (Lipinski definition) is 5. The van der Waals surface area contributed by atoms with E-state index in [2.05, 4.69) is 15.3 Å². The van der Waals surface area contributed by atoms with Crippen LogP contribution in [0.1, 0.15) is 10.4 Å². The number of hydrogen-bond donors (Lipinski definition) is 2. The molecule has 0 bridgehead atoms. The average Bonchev–Trinajstić information content (AvgIpc) is 2.63. The Balaban J connectivity index is 2.34. The Morgan fingerprint density at radius 3 is 2.78 bits per heavy atom. The summed E-state index contributed by atoms with van der Waals surface area (Å²) >= 11 is 1.50. The fraction of sp³-hybridized carbons (Fsp3) is 0.455. The van der Waals surface area contributed by atoms with Crippen LogP contribution < -0.4 is 5.32 Å². The standard InChI is InChI=1S/C11H13F2N3OS/c1-6-7(2)18-10-8(6)9(15-5-16-10)14-3-11(12,13)4-17/h5,17H,3-4H2,1-2H3,(H,14,15,16). The highest BCUT2D eigenvalue weighted by atomic mass is 32.1. The van der Waals surface area contributed by atoms with Crippen molar-refractivity contribution in [3.63, 3.8) is 0 Å². The molecule has 2 rings (SSSR count). The smallest absolute Gasteiger partial charge is 0.287 e. The molecule has 0 atom stereocenters. The van der Waals surface area contributed by atoms with E-state index < -0.39 is 19.1 Å². The molecule has 0 radical (unpaired) electrons. The third-order valence-corrected chi connectivity index (χ3v) is 3.83. The molecule has 0 saturated carbocycles. The van der Waals surface area contributed by atoms with Gasteiger partial charge in [0.15, 0.2) is 0 Å². The number of nitrogens with zero attached hydrogens (tertiary/aromatic N) is 2. The minimum Gasteiger partial charge on any atom is -0.390 e. The van der Waals surface area contributed by atoms with E-state index in [0.29, 0.717) is 5.82 Å². The van der Waals surface area contributed by atoms with E-state index in [1.54, 1.807) is 0 Å². The van der Waals surface area contributed by atoms with Gasteiger partial charge >= 0.3 is 0 Å². The van der Waals surface area contributed by atoms with Crippen molar-refractivity contribution < 1.29 is 13.9 Å². The van der Waals surface area contributed by atoms with Crippen LogP contribution in [0.25, 0.3) is 10.2 Å². The lowest BCUT2D eigenvalue weighted by molar-refractivity contribution is -0.0373. The zero-order valence-corrected chi connectivity index (χ0v) is 10.8. The van der Waals surface area contributed by atoms with Crippen LogP contribution >= 0.6 is 11.3 Å². The van der Waals surface area contributed by atoms with Crippen LogP contribution in [0, 0.1) is 13.8 Å². The number of anilines is 1. The van der Waals surface area contributed by atoms with Gasteiger partial charge in [-0.1, -0.05) is 0 Å². The molecule has 2 aromatic rings. The second-order valence-corrected chi connectivity index (χ2v) is 5.26. The summed E-state index contributed by atoms with van der Waals surface area (Å²) in [5.41, 5.74) is 0.991. The van der Waals surface area contributed by atoms with Gasteiger partial charge < -0.3 is 10.4 Å². The predicted molar refractivity (Wildman–Crippen MR) is 67.4 cm³/mol. The Kier molecular flexibility index (Phi) is 3.45. The summed E-state index contributed by atoms with van der Waals surface area (Å²) < 4.78 is 26.0. The number of thiophene rings is 1. The second kappa shape index (κ2) is 4.74. The molecule has 2 aromatic heterocycles. The maximum absolute atomic E-state index is 13.0. The van der Waals surface area contributed by atoms with Crippen LogP contribution in [0.2, 0.25) is 0 Å². The van der Waals surface area contributed by atoms with Crippen LogP contribution in [0.5, 0.6) is 0 Å². The monoisotopic (exact) mass is 273 g/mol. The Morgan fingerprint density at radius 2 is 2.11 bits per heavy atom. The normalized spacial score (nSPS) is 12.1. The third kappa shape index (κ3) is 2.41. The van der Waals surface area contributed by atoms with Crippen molar-refractivity contribution >= 4 is 27.4 Å². The van der Waals surface area contributed by atoms with Gasteiger partial charge in [-0.2, -0.15) is 0 Å². The zero-order chi connectivity index (χ0) is 13.3. The average molecular weight is 273 g/mol. The summed E-state index contributed by atoms with van der Waals surface area (Å²) in [5.74, 6) is -2.77. The van der Waals surface area contributed by atoms with E-state index in [1.165, 1.54) is 17.7 Å². The van der Waals surface area contributed by atoms with Crippen molar-refractivity contribution in [3.8, 4) is 0 Å². The Labute approximate surface area is 107 Å². The van der Waals surface area contributed by atoms with Crippen molar-refractivity contribution in [2.24, 2.45) is 0 Å². The Morgan fingerprint density at radius 1 is 1.39 bits per heavy atom. The van der Waals surface area contributed by atoms with Crippen molar-refractivity contribution in [3.05, 3.63) is 16.8 Å². The Hall–Kier alpha value is -1.34. The Bertz CT molecular complexity index is 571. The predicted octanol–water partition coefficient (Wildman–Crippen LogP) is 2.35. The molecular formula is C11H13F2N3OS. The number of aliphatic hydroxyl groups excluding tert-OH is 1. The molecule has 0 aliphatic carbocycles. The van der Waals surface area contributed by atoms with Gasteiger partial charge in [0.2, 0.25) is 0 Å². The van der Waals surface area contributed by atoms with E-state index in [1.807, 2.05) is 13.8 Å². The first-order valence-electron chi connectivity index (χ1n) is 5.38. The first-order chi connectivity index (χ1) is 8.44. The number of halogens is 2. The highest BCUT2D eigenvalue weighted by molar-refractivity contribution is 7.18. The first kappa shape index (κ1) is 13.1. The summed E-state index contributed by atoms with van der Waals surface area (Å²) in [4.78, 5) is 9.97. The van der Waals surface area contributed by atoms with Crippen LogP contribution in [0.15, 0.2) is 6.33 Å². The van der Waals surface area contributed by atoms with E-state index in [0.717, 1.165) is 20.7 Å². The summed E-state index contributed by atoms with van der Waals surface area (Å²) in [5, 5.41) is 11.9. The lowest BCUT2D eigenvalue weighted by Crippen LogP contribution is -2.31. The molecule has 2 N–H and O–H groups in total. The summed E-state index contributed by atoms with van der Waals surface area (Å²) in [6.07, 6.45) is 1.34. The lowest BCUT2D eigenvalue weighted by atomic mass is 10.2. The molecule has 0 unspecified atom stereocenters. The molecule has 98 valence electrons. The SMILES string of the molecule is Cc1sc2ncnc(NCC(F)(F)CO)c2c1C. The molecule has 0 spiro atoms. The van der Waals surface area contributed by atoms with Crippen LogP contribution in [-0.4, -0.2) is 34.1 Å². The fourth-order valence-electron chi connectivity index (χ4n) is 1.59. The number of aliphatic hydroxyl groups is 1. The van der Waals surface area contributed by atoms with Gasteiger partial charge in [0, 0.05) is 4.88 Å². The summed E-state index contributed by atoms with van der Waals surface area (Å²) in [6.45, 7) is 2.03. The van der Waals surface area contributed by atoms with Crippen molar-refractivity contribution in [1.29, 1.82) is 0 Å². The van der Waals surface area contributed by atoms with Crippen molar-refractivity contribution in [1.82, 2.24) is 9.97 Å². The van der Waals surface area contributed by atoms with Crippen molar-refractivity contribution in [2.75, 3.05) is 18.5 Å². The maximum Gasteiger partial charge on any atom is 0.287 e. The number of aromatic nitrogens is 2. The molecule has 0 fully saturated rings. The van der Waals surface area contributed by atoms with Crippen LogP contribution in [0.4, 0.5) is 14.6 Å². The molecule has 7 heteroatoms. The molecule has 0 aromatic carbocycles. The number of fused-ring (bicyclic) bond motifs is 1. The second-order valence-electron chi connectivity index (χ2n) is 4.05. The quantitative estimate of drug-likeness (QED) is 0.897. The third-order valence-electron chi connectivity index (χ3n) is 2.71. The molecule has 0 aliphatic rings. The maximum atomic E-state index is 13.0. The van der Waals surface area contributed by atoms with E-state index in [-0.39, 0.29) is 0 Å². The minimum atomic E-state index is -3.16. The number of nitrogens with one attached hydrogen (secondary N) is 1. The molecule has 0 aliphatic heterocycles. The van der Waals surface area contributed by atoms with Crippen molar-refractivity contribution in [2.45, 2.75) is 19.8 Å². The van der Waals surface area contributed by atoms with E-state index in [9.17, 15) is 8.78 Å². The van der Waals surface area contributed by atoms with Gasteiger partial charge in [-0.15, -0.1) is 11.3 Å². The summed E-state index contributed by atoms with van der Waals surface area (Å²) in [6, 6.07) is 0. The lowest BCUT2D eigenvalue weighted by Gasteiger charge is -2.14. The van der Waals surface area contributed by atoms with Gasteiger partial charge in [-0.05, 0) is 19.4 Å². The number of rotatable bonds is 4. The van der Waals surface area contributed by atoms with Gasteiger partial charge in [-0.25, -0.2) is 18.7 Å². The number of aryl methyl sites for hydroxylation is 2. The molecule has 0 amide bonds. The fourth-order valence-corrected chi connectivity index (χ4v) is 2.58. The minimum absolute atomic E-state index is 0.384. The number of alkyl halides is 2. The largest absolute Gasteiger partial charge is 0.390 e. The topological polar surface area (TPSA) is 58.0 Å². The highest BCUT2D eigenvalue weighted by Crippen LogP contribution is 2.32. The van der Waals surface area contributed by atoms with Gasteiger partial charge in [0.25, 0.3) is 5.92 Å². The van der Waals surface area contributed by atoms with E-state index >= 15 is 0 Å². The van der Waals surface area contributed by atoms with Gasteiger partial charge in [0.1, 0.15) is 23.6 Å². The molecule has 18 heavy (non-hydrogen) atoms. The van der Waals surface area contributed by atoms with Crippen LogP contribution in [-0.2, 0) is 0 Å². The molecule has 0 saturated heterocycles. The van der Waals surface area contributed by atoms with Gasteiger partial charge in [0.05, 0.1) is 11.9 Å². The van der Waals surface area contributed by atoms with Crippen LogP contribution in [0.3, 0.4) is 0 Å². The molecular weight excluding hydrogens is 260 g/mol. The zero-order valence-electron chi connectivity index (χ0n) is 10.00. The highest BCUT2D eigenvalue weighted by Gasteiger charge is 2.28. The molecule has 2 heterocycles. The molecule has 4 nitrogen and oxygen atoms in total.